The van der Waals surface area contributed by atoms with Crippen LogP contribution in [0.25, 0.3) is 0 Å². The maximum absolute atomic E-state index is 12.8. The number of carboxylic acids is 2. The highest BCUT2D eigenvalue weighted by molar-refractivity contribution is 5.96. The van der Waals surface area contributed by atoms with E-state index in [0.29, 0.717) is 5.56 Å². The summed E-state index contributed by atoms with van der Waals surface area (Å²) in [4.78, 5) is 71.0. The number of hydrogen-bond acceptors (Lipinski definition) is 9. The Hall–Kier alpha value is -4.24. The molecule has 0 saturated carbocycles. The van der Waals surface area contributed by atoms with Crippen molar-refractivity contribution in [1.29, 1.82) is 0 Å². The van der Waals surface area contributed by atoms with Crippen LogP contribution in [0.5, 0.6) is 5.75 Å². The number of rotatable bonds is 14. The van der Waals surface area contributed by atoms with Crippen molar-refractivity contribution in [2.45, 2.75) is 43.4 Å². The first kappa shape index (κ1) is 28.8. The number of phenols is 1. The Morgan fingerprint density at radius 3 is 1.80 bits per heavy atom. The fourth-order valence-electron chi connectivity index (χ4n) is 2.78. The Morgan fingerprint density at radius 2 is 1.31 bits per heavy atom. The third-order valence-electron chi connectivity index (χ3n) is 4.58. The van der Waals surface area contributed by atoms with Crippen LogP contribution in [0, 0.1) is 0 Å². The molecule has 0 aliphatic rings. The first-order valence-corrected chi connectivity index (χ1v) is 10.1. The number of nitrogens with one attached hydrogen (secondary N) is 3. The molecule has 15 nitrogen and oxygen atoms in total. The Morgan fingerprint density at radius 1 is 0.800 bits per heavy atom. The van der Waals surface area contributed by atoms with E-state index in [1.165, 1.54) is 24.3 Å². The van der Waals surface area contributed by atoms with Crippen LogP contribution in [0.15, 0.2) is 24.3 Å². The summed E-state index contributed by atoms with van der Waals surface area (Å²) in [6.45, 7) is -0.942. The predicted octanol–water partition coefficient (Wildman–Crippen LogP) is -3.86. The zero-order chi connectivity index (χ0) is 26.7. The predicted molar refractivity (Wildman–Crippen MR) is 116 cm³/mol. The number of carboxylic acid groups (broad SMARTS) is 2. The van der Waals surface area contributed by atoms with Gasteiger partial charge in [-0.2, -0.15) is 0 Å². The summed E-state index contributed by atoms with van der Waals surface area (Å²) in [7, 11) is 0. The fraction of sp³-hybridized carbons (Fsp3) is 0.400. The van der Waals surface area contributed by atoms with Crippen molar-refractivity contribution in [3.8, 4) is 5.75 Å². The number of primary amides is 1. The number of aliphatic hydroxyl groups is 1. The number of carbonyl (C=O) groups is 6. The van der Waals surface area contributed by atoms with E-state index in [-0.39, 0.29) is 12.2 Å². The minimum absolute atomic E-state index is 0.0769. The number of phenolic OH excluding ortho intramolecular Hbond substituents is 1. The van der Waals surface area contributed by atoms with Crippen molar-refractivity contribution in [3.05, 3.63) is 29.8 Å². The summed E-state index contributed by atoms with van der Waals surface area (Å²) in [5.74, 6) is -7.17. The minimum Gasteiger partial charge on any atom is -0.508 e. The molecule has 0 radical (unpaired) electrons. The lowest BCUT2D eigenvalue weighted by atomic mass is 10.0. The monoisotopic (exact) mass is 497 g/mol. The van der Waals surface area contributed by atoms with Crippen LogP contribution in [0.4, 0.5) is 0 Å². The zero-order valence-electron chi connectivity index (χ0n) is 18.3. The van der Waals surface area contributed by atoms with Crippen LogP contribution in [0.1, 0.15) is 18.4 Å². The molecule has 35 heavy (non-hydrogen) atoms. The molecule has 0 fully saturated rings. The second-order valence-electron chi connectivity index (χ2n) is 7.45. The molecular formula is C20H27N5O10. The number of aliphatic carboxylic acids is 2. The van der Waals surface area contributed by atoms with Crippen molar-refractivity contribution in [1.82, 2.24) is 16.0 Å². The maximum Gasteiger partial charge on any atom is 0.328 e. The lowest BCUT2D eigenvalue weighted by molar-refractivity contribution is -0.143. The smallest absolute Gasteiger partial charge is 0.328 e. The Labute approximate surface area is 198 Å². The topological polar surface area (TPSA) is 271 Å². The normalized spacial score (nSPS) is 14.0. The van der Waals surface area contributed by atoms with Gasteiger partial charge in [-0.1, -0.05) is 12.1 Å². The van der Waals surface area contributed by atoms with E-state index in [0.717, 1.165) is 0 Å². The van der Waals surface area contributed by atoms with Crippen molar-refractivity contribution in [3.63, 3.8) is 0 Å². The van der Waals surface area contributed by atoms with Gasteiger partial charge in [0.1, 0.15) is 23.9 Å². The molecule has 4 amide bonds. The van der Waals surface area contributed by atoms with Crippen molar-refractivity contribution in [2.24, 2.45) is 11.5 Å². The quantitative estimate of drug-likeness (QED) is 0.120. The number of aliphatic hydroxyl groups excluding tert-OH is 1. The standard InChI is InChI=1S/C20H27N5O10/c21-11(6-16(29)30)17(31)23-13(7-15(22)28)19(33)24-12(5-9-1-3-10(27)4-2-9)18(32)25-14(8-26)20(34)35/h1-4,11-14,26-27H,5-8,21H2,(H2,22,28)(H,23,31)(H,24,33)(H,25,32)(H,29,30)(H,34,35). The van der Waals surface area contributed by atoms with E-state index < -0.39 is 79.2 Å². The molecule has 0 heterocycles. The van der Waals surface area contributed by atoms with Gasteiger partial charge in [0.05, 0.1) is 25.5 Å². The molecule has 15 heteroatoms. The van der Waals surface area contributed by atoms with Gasteiger partial charge in [-0.25, -0.2) is 4.79 Å². The van der Waals surface area contributed by atoms with E-state index >= 15 is 0 Å². The number of nitrogens with two attached hydrogens (primary N) is 2. The lowest BCUT2D eigenvalue weighted by Crippen LogP contribution is -2.58. The van der Waals surface area contributed by atoms with E-state index in [1.807, 2.05) is 5.32 Å². The van der Waals surface area contributed by atoms with Crippen molar-refractivity contribution in [2.75, 3.05) is 6.61 Å². The highest BCUT2D eigenvalue weighted by atomic mass is 16.4. The third-order valence-corrected chi connectivity index (χ3v) is 4.58. The number of carbonyl (C=O) groups excluding carboxylic acids is 4. The summed E-state index contributed by atoms with van der Waals surface area (Å²) in [5.41, 5.74) is 11.0. The van der Waals surface area contributed by atoms with Crippen LogP contribution in [0.2, 0.25) is 0 Å². The van der Waals surface area contributed by atoms with Crippen LogP contribution in [-0.2, 0) is 35.2 Å². The summed E-state index contributed by atoms with van der Waals surface area (Å²) in [5, 5.41) is 42.8. The number of amides is 4. The molecule has 1 aromatic rings. The van der Waals surface area contributed by atoms with E-state index in [9.17, 15) is 33.9 Å². The third kappa shape index (κ3) is 10.1. The molecule has 1 rings (SSSR count). The molecule has 1 aromatic carbocycles. The summed E-state index contributed by atoms with van der Waals surface area (Å²) in [6, 6.07) is -0.862. The van der Waals surface area contributed by atoms with Crippen molar-refractivity contribution < 1.29 is 49.2 Å². The molecule has 0 spiro atoms. The second kappa shape index (κ2) is 13.5. The Balaban J connectivity index is 3.13. The summed E-state index contributed by atoms with van der Waals surface area (Å²) < 4.78 is 0. The molecule has 0 aliphatic carbocycles. The first-order chi connectivity index (χ1) is 16.3. The summed E-state index contributed by atoms with van der Waals surface area (Å²) in [6.07, 6.45) is -1.70. The van der Waals surface area contributed by atoms with Gasteiger partial charge in [0.25, 0.3) is 0 Å². The van der Waals surface area contributed by atoms with Gasteiger partial charge in [-0.05, 0) is 17.7 Å². The molecule has 11 N–H and O–H groups in total. The van der Waals surface area contributed by atoms with E-state index in [2.05, 4.69) is 10.6 Å². The van der Waals surface area contributed by atoms with E-state index in [1.54, 1.807) is 0 Å². The van der Waals surface area contributed by atoms with Gasteiger partial charge in [-0.3, -0.25) is 24.0 Å². The molecule has 0 aliphatic heterocycles. The second-order valence-corrected chi connectivity index (χ2v) is 7.45. The average molecular weight is 497 g/mol. The van der Waals surface area contributed by atoms with Gasteiger partial charge in [0.2, 0.25) is 23.6 Å². The van der Waals surface area contributed by atoms with Gasteiger partial charge < -0.3 is 47.8 Å². The highest BCUT2D eigenvalue weighted by Crippen LogP contribution is 2.12. The van der Waals surface area contributed by atoms with Crippen LogP contribution >= 0.6 is 0 Å². The van der Waals surface area contributed by atoms with Crippen LogP contribution < -0.4 is 27.4 Å². The van der Waals surface area contributed by atoms with Crippen molar-refractivity contribution >= 4 is 35.6 Å². The Bertz CT molecular complexity index is 952. The van der Waals surface area contributed by atoms with Gasteiger partial charge in [0, 0.05) is 6.42 Å². The SMILES string of the molecule is NC(=O)CC(NC(=O)C(N)CC(=O)O)C(=O)NC(Cc1ccc(O)cc1)C(=O)NC(CO)C(=O)O. The molecule has 0 aromatic heterocycles. The first-order valence-electron chi connectivity index (χ1n) is 10.1. The summed E-state index contributed by atoms with van der Waals surface area (Å²) >= 11 is 0. The molecule has 0 saturated heterocycles. The zero-order valence-corrected chi connectivity index (χ0v) is 18.3. The maximum atomic E-state index is 12.8. The number of benzene rings is 1. The number of aromatic hydroxyl groups is 1. The minimum atomic E-state index is -1.68. The average Bonchev–Trinajstić information content (AvgIpc) is 2.76. The highest BCUT2D eigenvalue weighted by Gasteiger charge is 2.31. The van der Waals surface area contributed by atoms with Gasteiger partial charge >= 0.3 is 11.9 Å². The molecule has 4 atom stereocenters. The molecule has 4 unspecified atom stereocenters. The largest absolute Gasteiger partial charge is 0.508 e. The fourth-order valence-corrected chi connectivity index (χ4v) is 2.78. The van der Waals surface area contributed by atoms with Crippen LogP contribution in [0.3, 0.4) is 0 Å². The van der Waals surface area contributed by atoms with Crippen LogP contribution in [-0.4, -0.2) is 86.8 Å². The molecule has 0 bridgehead atoms. The lowest BCUT2D eigenvalue weighted by Gasteiger charge is -2.24. The Kier molecular flexibility index (Phi) is 11.1. The molecule has 192 valence electrons. The van der Waals surface area contributed by atoms with E-state index in [4.69, 9.17) is 26.8 Å². The number of hydrogen-bond donors (Lipinski definition) is 9. The van der Waals surface area contributed by atoms with Gasteiger partial charge in [0.15, 0.2) is 0 Å². The molecular weight excluding hydrogens is 470 g/mol. The van der Waals surface area contributed by atoms with Gasteiger partial charge in [-0.15, -0.1) is 0 Å².